The van der Waals surface area contributed by atoms with Gasteiger partial charge in [0.15, 0.2) is 0 Å². The third-order valence-corrected chi connectivity index (χ3v) is 6.19. The highest BCUT2D eigenvalue weighted by Crippen LogP contribution is 2.25. The monoisotopic (exact) mass is 448 g/mol. The molecule has 2 aromatic heterocycles. The van der Waals surface area contributed by atoms with Crippen LogP contribution in [-0.4, -0.2) is 45.6 Å². The van der Waals surface area contributed by atoms with Gasteiger partial charge in [-0.1, -0.05) is 6.07 Å². The van der Waals surface area contributed by atoms with Gasteiger partial charge in [0, 0.05) is 61.8 Å². The van der Waals surface area contributed by atoms with Gasteiger partial charge in [-0.2, -0.15) is 4.98 Å². The lowest BCUT2D eigenvalue weighted by Crippen LogP contribution is -2.43. The van der Waals surface area contributed by atoms with E-state index >= 15 is 0 Å². The van der Waals surface area contributed by atoms with Crippen LogP contribution in [0.4, 0.5) is 20.4 Å². The minimum atomic E-state index is -0.548. The number of rotatable bonds is 5. The van der Waals surface area contributed by atoms with Crippen molar-refractivity contribution in [3.63, 3.8) is 0 Å². The molecular formula is C25H26F2N6. The molecule has 5 rings (SSSR count). The summed E-state index contributed by atoms with van der Waals surface area (Å²) in [6, 6.07) is 10.6. The van der Waals surface area contributed by atoms with Gasteiger partial charge in [-0.15, -0.1) is 0 Å². The number of nitrogens with zero attached hydrogens (tertiary/aromatic N) is 4. The summed E-state index contributed by atoms with van der Waals surface area (Å²) in [5, 5.41) is 7.25. The van der Waals surface area contributed by atoms with Crippen LogP contribution in [0.2, 0.25) is 0 Å². The normalized spacial score (nSPS) is 14.7. The van der Waals surface area contributed by atoms with E-state index in [1.807, 2.05) is 31.2 Å². The fourth-order valence-corrected chi connectivity index (χ4v) is 4.11. The van der Waals surface area contributed by atoms with Gasteiger partial charge in [0.25, 0.3) is 0 Å². The zero-order valence-corrected chi connectivity index (χ0v) is 18.7. The van der Waals surface area contributed by atoms with Crippen LogP contribution in [0.15, 0.2) is 48.8 Å². The molecule has 0 spiro atoms. The summed E-state index contributed by atoms with van der Waals surface area (Å²) in [6.07, 6.45) is 3.46. The lowest BCUT2D eigenvalue weighted by Gasteiger charge is -2.27. The highest BCUT2D eigenvalue weighted by Gasteiger charge is 2.18. The van der Waals surface area contributed by atoms with E-state index in [1.54, 1.807) is 17.0 Å². The number of aromatic nitrogens is 3. The summed E-state index contributed by atoms with van der Waals surface area (Å²) < 4.78 is 31.6. The minimum absolute atomic E-state index is 0.101. The van der Waals surface area contributed by atoms with Crippen molar-refractivity contribution in [1.82, 2.24) is 24.8 Å². The van der Waals surface area contributed by atoms with E-state index in [1.165, 1.54) is 17.7 Å². The Morgan fingerprint density at radius 3 is 2.48 bits per heavy atom. The molecule has 0 bridgehead atoms. The van der Waals surface area contributed by atoms with Gasteiger partial charge in [0.2, 0.25) is 5.95 Å². The average molecular weight is 449 g/mol. The molecule has 1 aliphatic heterocycles. The molecule has 2 aromatic carbocycles. The maximum Gasteiger partial charge on any atom is 0.229 e. The molecule has 1 fully saturated rings. The maximum atomic E-state index is 15.0. The Morgan fingerprint density at radius 1 is 1.00 bits per heavy atom. The third-order valence-electron chi connectivity index (χ3n) is 6.19. The van der Waals surface area contributed by atoms with Gasteiger partial charge in [0.1, 0.15) is 17.3 Å². The number of anilines is 2. The lowest BCUT2D eigenvalue weighted by molar-refractivity contribution is 0.227. The average Bonchev–Trinajstić information content (AvgIpc) is 3.23. The summed E-state index contributed by atoms with van der Waals surface area (Å²) in [7, 11) is 0. The Labute approximate surface area is 191 Å². The van der Waals surface area contributed by atoms with Crippen LogP contribution in [0.25, 0.3) is 16.7 Å². The van der Waals surface area contributed by atoms with Crippen LogP contribution in [0.5, 0.6) is 0 Å². The highest BCUT2D eigenvalue weighted by atomic mass is 19.1. The van der Waals surface area contributed by atoms with Crippen LogP contribution < -0.4 is 10.6 Å². The van der Waals surface area contributed by atoms with E-state index in [0.717, 1.165) is 42.8 Å². The third kappa shape index (κ3) is 4.44. The molecule has 0 unspecified atom stereocenters. The highest BCUT2D eigenvalue weighted by molar-refractivity contribution is 5.79. The second-order valence-corrected chi connectivity index (χ2v) is 8.50. The van der Waals surface area contributed by atoms with Crippen LogP contribution in [0.1, 0.15) is 16.7 Å². The Bertz CT molecular complexity index is 1290. The van der Waals surface area contributed by atoms with Gasteiger partial charge >= 0.3 is 0 Å². The molecule has 170 valence electrons. The molecule has 0 aliphatic carbocycles. The molecule has 0 amide bonds. The number of halogens is 2. The molecule has 4 aromatic rings. The van der Waals surface area contributed by atoms with E-state index in [0.29, 0.717) is 17.3 Å². The van der Waals surface area contributed by atoms with Crippen molar-refractivity contribution in [1.29, 1.82) is 0 Å². The first-order chi connectivity index (χ1) is 16.0. The quantitative estimate of drug-likeness (QED) is 0.472. The second-order valence-electron chi connectivity index (χ2n) is 8.50. The van der Waals surface area contributed by atoms with Crippen molar-refractivity contribution in [2.75, 3.05) is 31.5 Å². The topological polar surface area (TPSA) is 58.0 Å². The van der Waals surface area contributed by atoms with Crippen molar-refractivity contribution in [2.45, 2.75) is 20.4 Å². The largest absolute Gasteiger partial charge is 0.324 e. The molecule has 0 radical (unpaired) electrons. The Hall–Kier alpha value is -3.36. The number of piperazine rings is 1. The van der Waals surface area contributed by atoms with Gasteiger partial charge in [0.05, 0.1) is 5.69 Å². The fraction of sp³-hybridized carbons (Fsp3) is 0.280. The number of benzene rings is 2. The molecular weight excluding hydrogens is 422 g/mol. The standard InChI is InChI=1S/C25H26F2N6/c1-16-3-4-19(11-17(16)2)30-25-29-14-18-5-8-33(24(18)31-25)20-12-22(26)21(23(27)13-20)15-32-9-6-28-7-10-32/h3-5,8,11-14,28H,6-7,9-10,15H2,1-2H3,(H,29,30,31). The number of aryl methyl sites for hydroxylation is 2. The molecule has 1 aliphatic rings. The smallest absolute Gasteiger partial charge is 0.229 e. The summed E-state index contributed by atoms with van der Waals surface area (Å²) >= 11 is 0. The Kier molecular flexibility index (Phi) is 5.78. The number of nitrogens with one attached hydrogen (secondary N) is 2. The van der Waals surface area contributed by atoms with Gasteiger partial charge < -0.3 is 15.2 Å². The van der Waals surface area contributed by atoms with Crippen LogP contribution in [-0.2, 0) is 6.54 Å². The van der Waals surface area contributed by atoms with Crippen LogP contribution in [0, 0.1) is 25.5 Å². The first-order valence-corrected chi connectivity index (χ1v) is 11.1. The molecule has 0 atom stereocenters. The van der Waals surface area contributed by atoms with Gasteiger partial charge in [-0.25, -0.2) is 13.8 Å². The molecule has 1 saturated heterocycles. The van der Waals surface area contributed by atoms with Crippen molar-refractivity contribution < 1.29 is 8.78 Å². The van der Waals surface area contributed by atoms with Gasteiger partial charge in [-0.3, -0.25) is 4.90 Å². The summed E-state index contributed by atoms with van der Waals surface area (Å²) in [5.74, 6) is -0.678. The molecule has 8 heteroatoms. The number of fused-ring (bicyclic) bond motifs is 1. The zero-order chi connectivity index (χ0) is 22.9. The van der Waals surface area contributed by atoms with E-state index in [-0.39, 0.29) is 12.1 Å². The molecule has 33 heavy (non-hydrogen) atoms. The first kappa shape index (κ1) is 21.5. The Morgan fingerprint density at radius 2 is 1.76 bits per heavy atom. The van der Waals surface area contributed by atoms with Crippen molar-refractivity contribution in [2.24, 2.45) is 0 Å². The molecule has 3 heterocycles. The predicted molar refractivity (Wildman–Crippen MR) is 126 cm³/mol. The van der Waals surface area contributed by atoms with Crippen LogP contribution in [0.3, 0.4) is 0 Å². The molecule has 6 nitrogen and oxygen atoms in total. The molecule has 2 N–H and O–H groups in total. The SMILES string of the molecule is Cc1ccc(Nc2ncc3ccn(-c4cc(F)c(CN5CCNCC5)c(F)c4)c3n2)cc1C. The van der Waals surface area contributed by atoms with Crippen LogP contribution >= 0.6 is 0 Å². The van der Waals surface area contributed by atoms with E-state index in [4.69, 9.17) is 0 Å². The lowest BCUT2D eigenvalue weighted by atomic mass is 10.1. The number of hydrogen-bond acceptors (Lipinski definition) is 5. The van der Waals surface area contributed by atoms with Crippen molar-refractivity contribution >= 4 is 22.7 Å². The Balaban J connectivity index is 1.45. The van der Waals surface area contributed by atoms with E-state index in [2.05, 4.69) is 32.4 Å². The summed E-state index contributed by atoms with van der Waals surface area (Å²) in [5.41, 5.74) is 4.31. The van der Waals surface area contributed by atoms with Crippen molar-refractivity contribution in [3.05, 3.63) is 77.1 Å². The summed E-state index contributed by atoms with van der Waals surface area (Å²) in [4.78, 5) is 11.1. The molecule has 0 saturated carbocycles. The van der Waals surface area contributed by atoms with E-state index < -0.39 is 11.6 Å². The number of hydrogen-bond donors (Lipinski definition) is 2. The fourth-order valence-electron chi connectivity index (χ4n) is 4.11. The second kappa shape index (κ2) is 8.88. The zero-order valence-electron chi connectivity index (χ0n) is 18.7. The first-order valence-electron chi connectivity index (χ1n) is 11.1. The minimum Gasteiger partial charge on any atom is -0.324 e. The van der Waals surface area contributed by atoms with E-state index in [9.17, 15) is 8.78 Å². The van der Waals surface area contributed by atoms with Crippen molar-refractivity contribution in [3.8, 4) is 5.69 Å². The predicted octanol–water partition coefficient (Wildman–Crippen LogP) is 4.46. The summed E-state index contributed by atoms with van der Waals surface area (Å²) in [6.45, 7) is 7.57. The van der Waals surface area contributed by atoms with Gasteiger partial charge in [-0.05, 0) is 55.3 Å². The maximum absolute atomic E-state index is 15.0.